The maximum absolute atomic E-state index is 12.7. The zero-order valence-electron chi connectivity index (χ0n) is 12.6. The molecular formula is C17H22ClNO3. The fourth-order valence-electron chi connectivity index (χ4n) is 3.63. The lowest BCUT2D eigenvalue weighted by Gasteiger charge is -2.40. The Balaban J connectivity index is 1.71. The average Bonchev–Trinajstić information content (AvgIpc) is 2.93. The van der Waals surface area contributed by atoms with Crippen LogP contribution in [-0.2, 0) is 16.0 Å². The molecule has 1 saturated carbocycles. The van der Waals surface area contributed by atoms with E-state index in [1.54, 1.807) is 0 Å². The zero-order valence-corrected chi connectivity index (χ0v) is 13.3. The van der Waals surface area contributed by atoms with Gasteiger partial charge in [0.1, 0.15) is 0 Å². The third-order valence-corrected chi connectivity index (χ3v) is 4.99. The number of aliphatic hydroxyl groups excluding tert-OH is 1. The van der Waals surface area contributed by atoms with Crippen molar-refractivity contribution < 1.29 is 14.6 Å². The van der Waals surface area contributed by atoms with Crippen molar-refractivity contribution in [3.63, 3.8) is 0 Å². The summed E-state index contributed by atoms with van der Waals surface area (Å²) in [5.41, 5.74) is 0.926. The molecular weight excluding hydrogens is 302 g/mol. The quantitative estimate of drug-likeness (QED) is 0.928. The first-order chi connectivity index (χ1) is 10.6. The molecule has 0 radical (unpaired) electrons. The maximum Gasteiger partial charge on any atom is 0.227 e. The third kappa shape index (κ3) is 3.45. The molecule has 0 bridgehead atoms. The molecule has 5 heteroatoms. The number of carbonyl (C=O) groups excluding carboxylic acids is 1. The average molecular weight is 324 g/mol. The van der Waals surface area contributed by atoms with Gasteiger partial charge in [-0.15, -0.1) is 0 Å². The minimum absolute atomic E-state index is 0.00191. The van der Waals surface area contributed by atoms with E-state index in [9.17, 15) is 9.90 Å². The van der Waals surface area contributed by atoms with Crippen molar-refractivity contribution in [2.45, 2.75) is 37.8 Å². The minimum Gasteiger partial charge on any atom is -0.393 e. The van der Waals surface area contributed by atoms with Gasteiger partial charge in [-0.1, -0.05) is 30.2 Å². The summed E-state index contributed by atoms with van der Waals surface area (Å²) in [6, 6.07) is 7.42. The predicted molar refractivity (Wildman–Crippen MR) is 84.8 cm³/mol. The molecule has 0 spiro atoms. The number of aliphatic hydroxyl groups is 1. The Kier molecular flexibility index (Phi) is 5.01. The number of halogens is 1. The number of ether oxygens (including phenoxy) is 1. The van der Waals surface area contributed by atoms with E-state index in [-0.39, 0.29) is 24.0 Å². The molecule has 3 rings (SSSR count). The second-order valence-electron chi connectivity index (χ2n) is 6.20. The highest BCUT2D eigenvalue weighted by Crippen LogP contribution is 2.32. The highest BCUT2D eigenvalue weighted by atomic mass is 35.5. The Morgan fingerprint density at radius 2 is 2.27 bits per heavy atom. The summed E-state index contributed by atoms with van der Waals surface area (Å²) in [5, 5.41) is 10.8. The number of benzene rings is 1. The summed E-state index contributed by atoms with van der Waals surface area (Å²) in [7, 11) is 0. The number of hydrogen-bond acceptors (Lipinski definition) is 3. The van der Waals surface area contributed by atoms with Gasteiger partial charge in [-0.3, -0.25) is 4.79 Å². The maximum atomic E-state index is 12.7. The molecule has 1 amide bonds. The molecule has 1 aliphatic heterocycles. The molecule has 4 nitrogen and oxygen atoms in total. The summed E-state index contributed by atoms with van der Waals surface area (Å²) >= 11 is 5.99. The third-order valence-electron chi connectivity index (χ3n) is 4.76. The van der Waals surface area contributed by atoms with Crippen LogP contribution in [0.5, 0.6) is 0 Å². The highest BCUT2D eigenvalue weighted by molar-refractivity contribution is 6.30. The SMILES string of the molecule is O=C(Cc1cccc(Cl)c1)N1CCOC[C@@H]1[C@@H]1CCC[C@H]1O. The summed E-state index contributed by atoms with van der Waals surface area (Å²) in [4.78, 5) is 14.6. The van der Waals surface area contributed by atoms with Crippen LogP contribution in [0.15, 0.2) is 24.3 Å². The van der Waals surface area contributed by atoms with Crippen molar-refractivity contribution in [1.82, 2.24) is 4.90 Å². The topological polar surface area (TPSA) is 49.8 Å². The van der Waals surface area contributed by atoms with E-state index in [1.165, 1.54) is 0 Å². The molecule has 1 aliphatic carbocycles. The van der Waals surface area contributed by atoms with Gasteiger partial charge >= 0.3 is 0 Å². The van der Waals surface area contributed by atoms with E-state index in [2.05, 4.69) is 0 Å². The molecule has 1 N–H and O–H groups in total. The van der Waals surface area contributed by atoms with E-state index in [0.29, 0.717) is 31.2 Å². The number of rotatable bonds is 3. The lowest BCUT2D eigenvalue weighted by Crippen LogP contribution is -2.54. The van der Waals surface area contributed by atoms with E-state index in [4.69, 9.17) is 16.3 Å². The standard InChI is InChI=1S/C17H22ClNO3/c18-13-4-1-3-12(9-13)10-17(21)19-7-8-22-11-15(19)14-5-2-6-16(14)20/h1,3-4,9,14-16,20H,2,5-8,10-11H2/t14-,15+,16+/m0/s1. The van der Waals surface area contributed by atoms with E-state index >= 15 is 0 Å². The highest BCUT2D eigenvalue weighted by Gasteiger charge is 2.39. The molecule has 1 saturated heterocycles. The Bertz CT molecular complexity index is 536. The monoisotopic (exact) mass is 323 g/mol. The Morgan fingerprint density at radius 1 is 1.41 bits per heavy atom. The van der Waals surface area contributed by atoms with Crippen molar-refractivity contribution in [2.75, 3.05) is 19.8 Å². The van der Waals surface area contributed by atoms with Gasteiger partial charge in [-0.25, -0.2) is 0 Å². The van der Waals surface area contributed by atoms with Crippen LogP contribution >= 0.6 is 11.6 Å². The van der Waals surface area contributed by atoms with Crippen LogP contribution in [0.1, 0.15) is 24.8 Å². The van der Waals surface area contributed by atoms with Crippen LogP contribution in [-0.4, -0.2) is 47.8 Å². The van der Waals surface area contributed by atoms with Gasteiger partial charge in [-0.05, 0) is 30.5 Å². The predicted octanol–water partition coefficient (Wildman–Crippen LogP) is 2.27. The van der Waals surface area contributed by atoms with Crippen LogP contribution in [0.25, 0.3) is 0 Å². The molecule has 1 aromatic rings. The first kappa shape index (κ1) is 15.8. The minimum atomic E-state index is -0.312. The molecule has 2 fully saturated rings. The Morgan fingerprint density at radius 3 is 3.00 bits per heavy atom. The summed E-state index contributed by atoms with van der Waals surface area (Å²) in [6.45, 7) is 1.71. The molecule has 1 aromatic carbocycles. The van der Waals surface area contributed by atoms with Crippen molar-refractivity contribution in [3.8, 4) is 0 Å². The van der Waals surface area contributed by atoms with Gasteiger partial charge in [0, 0.05) is 17.5 Å². The largest absolute Gasteiger partial charge is 0.393 e. The normalized spacial score (nSPS) is 28.8. The second-order valence-corrected chi connectivity index (χ2v) is 6.63. The fraction of sp³-hybridized carbons (Fsp3) is 0.588. The Labute approximate surface area is 136 Å². The fourth-order valence-corrected chi connectivity index (χ4v) is 3.84. The molecule has 0 aromatic heterocycles. The van der Waals surface area contributed by atoms with Crippen LogP contribution in [0.2, 0.25) is 5.02 Å². The van der Waals surface area contributed by atoms with Gasteiger partial charge in [0.05, 0.1) is 31.8 Å². The molecule has 2 aliphatic rings. The van der Waals surface area contributed by atoms with Crippen molar-refractivity contribution in [2.24, 2.45) is 5.92 Å². The van der Waals surface area contributed by atoms with Crippen LogP contribution in [0.4, 0.5) is 0 Å². The number of nitrogens with zero attached hydrogens (tertiary/aromatic N) is 1. The number of hydrogen-bond donors (Lipinski definition) is 1. The first-order valence-corrected chi connectivity index (χ1v) is 8.32. The zero-order chi connectivity index (χ0) is 15.5. The van der Waals surface area contributed by atoms with Gasteiger partial charge in [0.15, 0.2) is 0 Å². The van der Waals surface area contributed by atoms with Gasteiger partial charge in [0.25, 0.3) is 0 Å². The first-order valence-electron chi connectivity index (χ1n) is 7.95. The van der Waals surface area contributed by atoms with E-state index in [0.717, 1.165) is 24.8 Å². The van der Waals surface area contributed by atoms with Crippen LogP contribution in [0, 0.1) is 5.92 Å². The van der Waals surface area contributed by atoms with Gasteiger partial charge in [0.2, 0.25) is 5.91 Å². The van der Waals surface area contributed by atoms with Crippen molar-refractivity contribution >= 4 is 17.5 Å². The molecule has 120 valence electrons. The number of amides is 1. The number of morpholine rings is 1. The van der Waals surface area contributed by atoms with Crippen molar-refractivity contribution in [3.05, 3.63) is 34.9 Å². The molecule has 1 heterocycles. The van der Waals surface area contributed by atoms with E-state index < -0.39 is 0 Å². The molecule has 3 atom stereocenters. The Hall–Kier alpha value is -1.10. The smallest absolute Gasteiger partial charge is 0.227 e. The lowest BCUT2D eigenvalue weighted by atomic mass is 9.93. The van der Waals surface area contributed by atoms with E-state index in [1.807, 2.05) is 29.2 Å². The summed E-state index contributed by atoms with van der Waals surface area (Å²) in [6.07, 6.45) is 2.86. The van der Waals surface area contributed by atoms with Crippen molar-refractivity contribution in [1.29, 1.82) is 0 Å². The summed E-state index contributed by atoms with van der Waals surface area (Å²) < 4.78 is 5.57. The molecule has 0 unspecified atom stereocenters. The van der Waals surface area contributed by atoms with Gasteiger partial charge < -0.3 is 14.7 Å². The molecule has 22 heavy (non-hydrogen) atoms. The number of carbonyl (C=O) groups is 1. The van der Waals surface area contributed by atoms with Crippen LogP contribution in [0.3, 0.4) is 0 Å². The lowest BCUT2D eigenvalue weighted by molar-refractivity contribution is -0.143. The van der Waals surface area contributed by atoms with Crippen LogP contribution < -0.4 is 0 Å². The van der Waals surface area contributed by atoms with Gasteiger partial charge in [-0.2, -0.15) is 0 Å². The second kappa shape index (κ2) is 6.99. The summed E-state index contributed by atoms with van der Waals surface area (Å²) in [5.74, 6) is 0.235.